The summed E-state index contributed by atoms with van der Waals surface area (Å²) in [5.41, 5.74) is 8.01. The number of nitrogens with one attached hydrogen (secondary N) is 1. The van der Waals surface area contributed by atoms with Crippen molar-refractivity contribution < 1.29 is 4.79 Å². The standard InChI is InChI=1S/C17H23N5O/c18-8-15-2-1-3-16(15)17(23)20-9-13-4-6-14(7-5-13)10-22-12-19-11-21-22/h4-7,11-12,15-16H,1-3,8-10,18H2,(H,20,23)/t15-,16-/m1/s1. The van der Waals surface area contributed by atoms with Gasteiger partial charge in [-0.05, 0) is 36.4 Å². The molecule has 0 spiro atoms. The molecule has 122 valence electrons. The van der Waals surface area contributed by atoms with Crippen LogP contribution in [-0.2, 0) is 17.9 Å². The van der Waals surface area contributed by atoms with E-state index < -0.39 is 0 Å². The molecule has 0 bridgehead atoms. The molecule has 6 heteroatoms. The molecule has 1 amide bonds. The Morgan fingerprint density at radius 1 is 1.26 bits per heavy atom. The molecule has 1 fully saturated rings. The zero-order chi connectivity index (χ0) is 16.1. The van der Waals surface area contributed by atoms with Gasteiger partial charge in [-0.2, -0.15) is 5.10 Å². The Bertz CT molecular complexity index is 623. The molecule has 23 heavy (non-hydrogen) atoms. The largest absolute Gasteiger partial charge is 0.352 e. The lowest BCUT2D eigenvalue weighted by molar-refractivity contribution is -0.126. The summed E-state index contributed by atoms with van der Waals surface area (Å²) in [4.78, 5) is 16.2. The van der Waals surface area contributed by atoms with Gasteiger partial charge < -0.3 is 11.1 Å². The molecule has 1 aromatic heterocycles. The van der Waals surface area contributed by atoms with E-state index in [2.05, 4.69) is 27.5 Å². The molecule has 2 aromatic rings. The Labute approximate surface area is 136 Å². The summed E-state index contributed by atoms with van der Waals surface area (Å²) in [5.74, 6) is 0.580. The second-order valence-electron chi connectivity index (χ2n) is 6.16. The number of hydrogen-bond donors (Lipinski definition) is 2. The van der Waals surface area contributed by atoms with Crippen molar-refractivity contribution in [2.24, 2.45) is 17.6 Å². The average molecular weight is 313 g/mol. The molecule has 2 atom stereocenters. The van der Waals surface area contributed by atoms with Gasteiger partial charge in [-0.1, -0.05) is 30.7 Å². The van der Waals surface area contributed by atoms with E-state index >= 15 is 0 Å². The Balaban J connectivity index is 1.51. The van der Waals surface area contributed by atoms with E-state index in [1.165, 1.54) is 6.33 Å². The van der Waals surface area contributed by atoms with Gasteiger partial charge in [-0.3, -0.25) is 4.79 Å². The number of carbonyl (C=O) groups is 1. The van der Waals surface area contributed by atoms with Crippen LogP contribution in [-0.4, -0.2) is 27.2 Å². The van der Waals surface area contributed by atoms with Crippen LogP contribution in [0.25, 0.3) is 0 Å². The molecular weight excluding hydrogens is 290 g/mol. The van der Waals surface area contributed by atoms with Crippen molar-refractivity contribution in [3.8, 4) is 0 Å². The van der Waals surface area contributed by atoms with Crippen LogP contribution in [0, 0.1) is 11.8 Å². The van der Waals surface area contributed by atoms with Gasteiger partial charge in [0, 0.05) is 12.5 Å². The number of nitrogens with two attached hydrogens (primary N) is 1. The summed E-state index contributed by atoms with van der Waals surface area (Å²) in [5, 5.41) is 7.14. The number of carbonyl (C=O) groups excluding carboxylic acids is 1. The second-order valence-corrected chi connectivity index (χ2v) is 6.16. The van der Waals surface area contributed by atoms with E-state index in [1.807, 2.05) is 12.1 Å². The first-order chi connectivity index (χ1) is 11.3. The highest BCUT2D eigenvalue weighted by Crippen LogP contribution is 2.30. The van der Waals surface area contributed by atoms with Crippen LogP contribution in [0.1, 0.15) is 30.4 Å². The lowest BCUT2D eigenvalue weighted by Gasteiger charge is -2.17. The number of amides is 1. The second kappa shape index (κ2) is 7.37. The molecule has 0 saturated heterocycles. The molecule has 1 aromatic carbocycles. The summed E-state index contributed by atoms with van der Waals surface area (Å²) in [7, 11) is 0. The fourth-order valence-corrected chi connectivity index (χ4v) is 3.25. The van der Waals surface area contributed by atoms with Gasteiger partial charge in [0.25, 0.3) is 0 Å². The molecule has 1 saturated carbocycles. The third-order valence-electron chi connectivity index (χ3n) is 4.60. The van der Waals surface area contributed by atoms with Crippen molar-refractivity contribution >= 4 is 5.91 Å². The van der Waals surface area contributed by atoms with Gasteiger partial charge in [0.15, 0.2) is 0 Å². The summed E-state index contributed by atoms with van der Waals surface area (Å²) < 4.78 is 1.78. The maximum Gasteiger partial charge on any atom is 0.223 e. The average Bonchev–Trinajstić information content (AvgIpc) is 3.25. The topological polar surface area (TPSA) is 85.8 Å². The highest BCUT2D eigenvalue weighted by molar-refractivity contribution is 5.79. The lowest BCUT2D eigenvalue weighted by Crippen LogP contribution is -2.34. The van der Waals surface area contributed by atoms with E-state index in [0.29, 0.717) is 25.6 Å². The molecule has 3 rings (SSSR count). The minimum absolute atomic E-state index is 0.0894. The molecule has 1 heterocycles. The summed E-state index contributed by atoms with van der Waals surface area (Å²) in [6, 6.07) is 8.20. The van der Waals surface area contributed by atoms with E-state index in [0.717, 1.165) is 30.4 Å². The van der Waals surface area contributed by atoms with Crippen LogP contribution in [0.3, 0.4) is 0 Å². The van der Waals surface area contributed by atoms with E-state index in [-0.39, 0.29) is 11.8 Å². The quantitative estimate of drug-likeness (QED) is 0.842. The Kier molecular flexibility index (Phi) is 5.02. The van der Waals surface area contributed by atoms with Gasteiger partial charge in [0.05, 0.1) is 6.54 Å². The van der Waals surface area contributed by atoms with Crippen molar-refractivity contribution in [3.63, 3.8) is 0 Å². The van der Waals surface area contributed by atoms with Crippen LogP contribution < -0.4 is 11.1 Å². The van der Waals surface area contributed by atoms with Gasteiger partial charge in [0.1, 0.15) is 12.7 Å². The monoisotopic (exact) mass is 313 g/mol. The zero-order valence-electron chi connectivity index (χ0n) is 13.2. The smallest absolute Gasteiger partial charge is 0.223 e. The highest BCUT2D eigenvalue weighted by Gasteiger charge is 2.31. The van der Waals surface area contributed by atoms with Crippen LogP contribution in [0.4, 0.5) is 0 Å². The normalized spacial score (nSPS) is 20.6. The van der Waals surface area contributed by atoms with E-state index in [1.54, 1.807) is 11.0 Å². The summed E-state index contributed by atoms with van der Waals surface area (Å²) in [6.07, 6.45) is 6.37. The summed E-state index contributed by atoms with van der Waals surface area (Å²) >= 11 is 0. The predicted octanol–water partition coefficient (Wildman–Crippen LogP) is 1.32. The van der Waals surface area contributed by atoms with E-state index in [9.17, 15) is 4.79 Å². The molecule has 1 aliphatic carbocycles. The number of benzene rings is 1. The van der Waals surface area contributed by atoms with Gasteiger partial charge >= 0.3 is 0 Å². The lowest BCUT2D eigenvalue weighted by atomic mass is 9.95. The van der Waals surface area contributed by atoms with E-state index in [4.69, 9.17) is 5.73 Å². The first-order valence-corrected chi connectivity index (χ1v) is 8.14. The van der Waals surface area contributed by atoms with Gasteiger partial charge in [-0.15, -0.1) is 0 Å². The molecular formula is C17H23N5O. The first-order valence-electron chi connectivity index (χ1n) is 8.14. The number of nitrogens with zero attached hydrogens (tertiary/aromatic N) is 3. The van der Waals surface area contributed by atoms with Gasteiger partial charge in [0.2, 0.25) is 5.91 Å². The maximum atomic E-state index is 12.3. The predicted molar refractivity (Wildman–Crippen MR) is 87.3 cm³/mol. The summed E-state index contributed by atoms with van der Waals surface area (Å²) in [6.45, 7) is 1.87. The minimum Gasteiger partial charge on any atom is -0.352 e. The highest BCUT2D eigenvalue weighted by atomic mass is 16.1. The van der Waals surface area contributed by atoms with Crippen LogP contribution in [0.2, 0.25) is 0 Å². The number of hydrogen-bond acceptors (Lipinski definition) is 4. The third kappa shape index (κ3) is 3.96. The Hall–Kier alpha value is -2.21. The van der Waals surface area contributed by atoms with Crippen LogP contribution in [0.15, 0.2) is 36.9 Å². The third-order valence-corrected chi connectivity index (χ3v) is 4.60. The Morgan fingerprint density at radius 3 is 2.74 bits per heavy atom. The van der Waals surface area contributed by atoms with Crippen molar-refractivity contribution in [1.29, 1.82) is 0 Å². The van der Waals surface area contributed by atoms with Crippen LogP contribution >= 0.6 is 0 Å². The number of rotatable bonds is 6. The Morgan fingerprint density at radius 2 is 2.04 bits per heavy atom. The fourth-order valence-electron chi connectivity index (χ4n) is 3.25. The maximum absolute atomic E-state index is 12.3. The van der Waals surface area contributed by atoms with Crippen molar-refractivity contribution in [1.82, 2.24) is 20.1 Å². The van der Waals surface area contributed by atoms with Gasteiger partial charge in [-0.25, -0.2) is 9.67 Å². The van der Waals surface area contributed by atoms with Crippen molar-refractivity contribution in [2.75, 3.05) is 6.54 Å². The molecule has 6 nitrogen and oxygen atoms in total. The first kappa shape index (κ1) is 15.7. The fraction of sp³-hybridized carbons (Fsp3) is 0.471. The number of aromatic nitrogens is 3. The molecule has 0 aliphatic heterocycles. The van der Waals surface area contributed by atoms with Crippen molar-refractivity contribution in [2.45, 2.75) is 32.4 Å². The van der Waals surface area contributed by atoms with Crippen molar-refractivity contribution in [3.05, 3.63) is 48.0 Å². The SMILES string of the molecule is NC[C@H]1CCC[C@H]1C(=O)NCc1ccc(Cn2cncn2)cc1. The minimum atomic E-state index is 0.0894. The molecule has 0 radical (unpaired) electrons. The molecule has 3 N–H and O–H groups in total. The molecule has 0 unspecified atom stereocenters. The molecule has 1 aliphatic rings. The van der Waals surface area contributed by atoms with Crippen LogP contribution in [0.5, 0.6) is 0 Å². The zero-order valence-corrected chi connectivity index (χ0v) is 13.2.